The van der Waals surface area contributed by atoms with Gasteiger partial charge in [-0.15, -0.1) is 0 Å². The Bertz CT molecular complexity index is 373. The van der Waals surface area contributed by atoms with Gasteiger partial charge in [-0.25, -0.2) is 0 Å². The van der Waals surface area contributed by atoms with Crippen LogP contribution in [0.2, 0.25) is 0 Å². The molecule has 108 valence electrons. The Balaban J connectivity index is 1.81. The second-order valence-electron chi connectivity index (χ2n) is 5.89. The number of nitrogens with two attached hydrogens (primary N) is 1. The summed E-state index contributed by atoms with van der Waals surface area (Å²) in [6, 6.07) is 0.0965. The molecule has 0 aliphatic carbocycles. The van der Waals surface area contributed by atoms with Crippen LogP contribution in [0, 0.1) is 5.92 Å². The number of hydrogen-bond donors (Lipinski definition) is 1. The molecule has 1 aliphatic rings. The van der Waals surface area contributed by atoms with E-state index in [-0.39, 0.29) is 12.1 Å². The highest BCUT2D eigenvalue weighted by atomic mass is 16.5. The van der Waals surface area contributed by atoms with Crippen LogP contribution in [0.3, 0.4) is 0 Å². The Labute approximate surface area is 114 Å². The molecule has 0 spiro atoms. The number of hydrogen-bond acceptors (Lipinski definition) is 5. The van der Waals surface area contributed by atoms with E-state index < -0.39 is 0 Å². The first-order valence-electron chi connectivity index (χ1n) is 7.32. The van der Waals surface area contributed by atoms with Crippen molar-refractivity contribution < 1.29 is 9.26 Å². The van der Waals surface area contributed by atoms with Crippen molar-refractivity contribution in [3.63, 3.8) is 0 Å². The van der Waals surface area contributed by atoms with Gasteiger partial charge >= 0.3 is 0 Å². The van der Waals surface area contributed by atoms with Crippen LogP contribution in [-0.2, 0) is 17.6 Å². The topological polar surface area (TPSA) is 74.2 Å². The third-order valence-electron chi connectivity index (χ3n) is 3.41. The van der Waals surface area contributed by atoms with E-state index in [0.29, 0.717) is 18.2 Å². The molecule has 0 bridgehead atoms. The highest BCUT2D eigenvalue weighted by Crippen LogP contribution is 2.16. The molecule has 2 atom stereocenters. The Hall–Kier alpha value is -0.940. The zero-order valence-corrected chi connectivity index (χ0v) is 12.0. The van der Waals surface area contributed by atoms with Crippen molar-refractivity contribution in [1.29, 1.82) is 0 Å². The van der Waals surface area contributed by atoms with Gasteiger partial charge in [0.15, 0.2) is 5.82 Å². The fraction of sp³-hybridized carbons (Fsp3) is 0.857. The lowest BCUT2D eigenvalue weighted by molar-refractivity contribution is 0.0153. The third-order valence-corrected chi connectivity index (χ3v) is 3.41. The Morgan fingerprint density at radius 3 is 2.89 bits per heavy atom. The van der Waals surface area contributed by atoms with Crippen molar-refractivity contribution in [3.05, 3.63) is 11.7 Å². The average molecular weight is 267 g/mol. The van der Waals surface area contributed by atoms with Gasteiger partial charge in [0.05, 0.1) is 6.10 Å². The standard InChI is InChI=1S/C14H25N3O2/c1-10(2)7-11(15)8-14-16-13(17-19-14)9-12-5-3-4-6-18-12/h10-12H,3-9,15H2,1-2H3. The maximum absolute atomic E-state index is 6.05. The Morgan fingerprint density at radius 1 is 1.37 bits per heavy atom. The molecule has 2 rings (SSSR count). The molecule has 0 aromatic carbocycles. The molecular weight excluding hydrogens is 242 g/mol. The van der Waals surface area contributed by atoms with Crippen LogP contribution in [0.4, 0.5) is 0 Å². The van der Waals surface area contributed by atoms with Crippen molar-refractivity contribution >= 4 is 0 Å². The summed E-state index contributed by atoms with van der Waals surface area (Å²) in [7, 11) is 0. The van der Waals surface area contributed by atoms with Crippen LogP contribution in [0.25, 0.3) is 0 Å². The lowest BCUT2D eigenvalue weighted by atomic mass is 10.0. The Morgan fingerprint density at radius 2 is 2.21 bits per heavy atom. The predicted octanol–water partition coefficient (Wildman–Crippen LogP) is 2.10. The summed E-state index contributed by atoms with van der Waals surface area (Å²) in [5, 5.41) is 4.02. The highest BCUT2D eigenvalue weighted by molar-refractivity contribution is 4.91. The van der Waals surface area contributed by atoms with Gasteiger partial charge in [-0.05, 0) is 31.6 Å². The lowest BCUT2D eigenvalue weighted by Gasteiger charge is -2.20. The van der Waals surface area contributed by atoms with Crippen LogP contribution in [0.15, 0.2) is 4.52 Å². The summed E-state index contributed by atoms with van der Waals surface area (Å²) in [5.74, 6) is 1.99. The van der Waals surface area contributed by atoms with Gasteiger partial charge < -0.3 is 15.0 Å². The monoisotopic (exact) mass is 267 g/mol. The van der Waals surface area contributed by atoms with Gasteiger partial charge in [0.1, 0.15) is 0 Å². The predicted molar refractivity (Wildman–Crippen MR) is 72.7 cm³/mol. The van der Waals surface area contributed by atoms with E-state index in [2.05, 4.69) is 24.0 Å². The smallest absolute Gasteiger partial charge is 0.228 e. The first kappa shape index (κ1) is 14.5. The second-order valence-corrected chi connectivity index (χ2v) is 5.89. The largest absolute Gasteiger partial charge is 0.378 e. The average Bonchev–Trinajstić information content (AvgIpc) is 2.76. The molecule has 2 N–H and O–H groups in total. The van der Waals surface area contributed by atoms with E-state index >= 15 is 0 Å². The van der Waals surface area contributed by atoms with Gasteiger partial charge in [0.2, 0.25) is 5.89 Å². The van der Waals surface area contributed by atoms with E-state index in [1.165, 1.54) is 6.42 Å². The van der Waals surface area contributed by atoms with Gasteiger partial charge in [-0.3, -0.25) is 0 Å². The van der Waals surface area contributed by atoms with E-state index in [4.69, 9.17) is 15.0 Å². The van der Waals surface area contributed by atoms with Crippen molar-refractivity contribution in [2.24, 2.45) is 11.7 Å². The van der Waals surface area contributed by atoms with Gasteiger partial charge in [0, 0.05) is 25.5 Å². The van der Waals surface area contributed by atoms with Gasteiger partial charge in [0.25, 0.3) is 0 Å². The molecule has 0 saturated carbocycles. The van der Waals surface area contributed by atoms with Crippen LogP contribution >= 0.6 is 0 Å². The molecule has 2 unspecified atom stereocenters. The zero-order chi connectivity index (χ0) is 13.7. The van der Waals surface area contributed by atoms with Gasteiger partial charge in [-0.1, -0.05) is 19.0 Å². The zero-order valence-electron chi connectivity index (χ0n) is 12.0. The van der Waals surface area contributed by atoms with E-state index in [9.17, 15) is 0 Å². The molecule has 1 aromatic rings. The van der Waals surface area contributed by atoms with E-state index in [1.54, 1.807) is 0 Å². The Kier molecular flexibility index (Phi) is 5.34. The SMILES string of the molecule is CC(C)CC(N)Cc1nc(CC2CCCCO2)no1. The minimum absolute atomic E-state index is 0.0965. The lowest BCUT2D eigenvalue weighted by Crippen LogP contribution is -2.25. The number of rotatable bonds is 6. The molecule has 1 aliphatic heterocycles. The minimum Gasteiger partial charge on any atom is -0.378 e. The number of aromatic nitrogens is 2. The second kappa shape index (κ2) is 7.01. The third kappa shape index (κ3) is 4.91. The molecule has 1 aromatic heterocycles. The molecule has 1 saturated heterocycles. The summed E-state index contributed by atoms with van der Waals surface area (Å²) in [4.78, 5) is 4.41. The van der Waals surface area contributed by atoms with Gasteiger partial charge in [-0.2, -0.15) is 4.98 Å². The maximum atomic E-state index is 6.05. The summed E-state index contributed by atoms with van der Waals surface area (Å²) < 4.78 is 10.9. The highest BCUT2D eigenvalue weighted by Gasteiger charge is 2.18. The van der Waals surface area contributed by atoms with E-state index in [1.807, 2.05) is 0 Å². The van der Waals surface area contributed by atoms with E-state index in [0.717, 1.165) is 38.1 Å². The fourth-order valence-corrected chi connectivity index (χ4v) is 2.54. The van der Waals surface area contributed by atoms with Crippen LogP contribution in [0.1, 0.15) is 51.2 Å². The number of ether oxygens (including phenoxy) is 1. The molecule has 2 heterocycles. The molecule has 0 radical (unpaired) electrons. The van der Waals surface area contributed by atoms with Crippen molar-refractivity contribution in [2.45, 2.75) is 64.5 Å². The minimum atomic E-state index is 0.0965. The maximum Gasteiger partial charge on any atom is 0.228 e. The first-order chi connectivity index (χ1) is 9.13. The summed E-state index contributed by atoms with van der Waals surface area (Å²) in [5.41, 5.74) is 6.05. The molecular formula is C14H25N3O2. The first-order valence-corrected chi connectivity index (χ1v) is 7.32. The van der Waals surface area contributed by atoms with Crippen molar-refractivity contribution in [1.82, 2.24) is 10.1 Å². The summed E-state index contributed by atoms with van der Waals surface area (Å²) >= 11 is 0. The van der Waals surface area contributed by atoms with Crippen LogP contribution in [-0.4, -0.2) is 28.9 Å². The van der Waals surface area contributed by atoms with Crippen molar-refractivity contribution in [2.75, 3.05) is 6.61 Å². The summed E-state index contributed by atoms with van der Waals surface area (Å²) in [6.45, 7) is 5.19. The molecule has 19 heavy (non-hydrogen) atoms. The van der Waals surface area contributed by atoms with Crippen molar-refractivity contribution in [3.8, 4) is 0 Å². The summed E-state index contributed by atoms with van der Waals surface area (Å²) in [6.07, 6.45) is 6.13. The molecule has 5 heteroatoms. The van der Waals surface area contributed by atoms with Crippen LogP contribution < -0.4 is 5.73 Å². The fourth-order valence-electron chi connectivity index (χ4n) is 2.54. The molecule has 5 nitrogen and oxygen atoms in total. The quantitative estimate of drug-likeness (QED) is 0.854. The molecule has 1 fully saturated rings. The normalized spacial score (nSPS) is 21.8. The molecule has 0 amide bonds. The number of nitrogens with zero attached hydrogens (tertiary/aromatic N) is 2. The van der Waals surface area contributed by atoms with Crippen LogP contribution in [0.5, 0.6) is 0 Å².